The number of halogens is 1. The highest BCUT2D eigenvalue weighted by molar-refractivity contribution is 9.10. The number of methoxy groups -OCH3 is 1. The minimum Gasteiger partial charge on any atom is -0.493 e. The third-order valence-corrected chi connectivity index (χ3v) is 3.37. The van der Waals surface area contributed by atoms with Gasteiger partial charge in [0.05, 0.1) is 13.4 Å². The zero-order valence-corrected chi connectivity index (χ0v) is 10.5. The SMILES string of the molecule is COc1cc(C(N)C(=O)O)c(Br)c2ccoc12. The fraction of sp³-hybridized carbons (Fsp3) is 0.182. The van der Waals surface area contributed by atoms with E-state index in [9.17, 15) is 4.79 Å². The van der Waals surface area contributed by atoms with Gasteiger partial charge >= 0.3 is 5.97 Å². The van der Waals surface area contributed by atoms with Gasteiger partial charge in [-0.05, 0) is 33.6 Å². The van der Waals surface area contributed by atoms with Gasteiger partial charge in [0.25, 0.3) is 0 Å². The molecule has 90 valence electrons. The molecule has 3 N–H and O–H groups in total. The quantitative estimate of drug-likeness (QED) is 0.908. The number of aliphatic carboxylic acids is 1. The van der Waals surface area contributed by atoms with Gasteiger partial charge in [-0.1, -0.05) is 0 Å². The number of hydrogen-bond donors (Lipinski definition) is 2. The molecule has 0 aliphatic heterocycles. The monoisotopic (exact) mass is 299 g/mol. The fourth-order valence-electron chi connectivity index (χ4n) is 1.61. The van der Waals surface area contributed by atoms with Crippen LogP contribution in [0.1, 0.15) is 11.6 Å². The number of nitrogens with two attached hydrogens (primary N) is 1. The molecule has 1 heterocycles. The summed E-state index contributed by atoms with van der Waals surface area (Å²) in [5.74, 6) is -0.643. The molecule has 0 saturated heterocycles. The van der Waals surface area contributed by atoms with Crippen molar-refractivity contribution in [2.45, 2.75) is 6.04 Å². The van der Waals surface area contributed by atoms with E-state index in [1.807, 2.05) is 0 Å². The van der Waals surface area contributed by atoms with Crippen LogP contribution < -0.4 is 10.5 Å². The third kappa shape index (κ3) is 1.89. The van der Waals surface area contributed by atoms with Crippen LogP contribution in [-0.4, -0.2) is 18.2 Å². The third-order valence-electron chi connectivity index (χ3n) is 2.49. The van der Waals surface area contributed by atoms with Gasteiger partial charge in [-0.25, -0.2) is 0 Å². The van der Waals surface area contributed by atoms with Crippen LogP contribution in [0.4, 0.5) is 0 Å². The van der Waals surface area contributed by atoms with E-state index in [2.05, 4.69) is 15.9 Å². The zero-order chi connectivity index (χ0) is 12.6. The predicted molar refractivity (Wildman–Crippen MR) is 65.0 cm³/mol. The van der Waals surface area contributed by atoms with Crippen LogP contribution in [0.25, 0.3) is 11.0 Å². The minimum atomic E-state index is -1.11. The number of rotatable bonds is 3. The van der Waals surface area contributed by atoms with E-state index in [-0.39, 0.29) is 0 Å². The molecular weight excluding hydrogens is 290 g/mol. The summed E-state index contributed by atoms with van der Waals surface area (Å²) in [6.07, 6.45) is 1.51. The van der Waals surface area contributed by atoms with E-state index in [1.54, 1.807) is 12.1 Å². The highest BCUT2D eigenvalue weighted by Gasteiger charge is 2.22. The van der Waals surface area contributed by atoms with Gasteiger partial charge in [-0.15, -0.1) is 0 Å². The lowest BCUT2D eigenvalue weighted by Gasteiger charge is -2.12. The van der Waals surface area contributed by atoms with Gasteiger partial charge in [0.2, 0.25) is 0 Å². The van der Waals surface area contributed by atoms with Crippen LogP contribution in [0.15, 0.2) is 27.3 Å². The molecule has 0 fully saturated rings. The molecule has 5 nitrogen and oxygen atoms in total. The molecule has 17 heavy (non-hydrogen) atoms. The maximum absolute atomic E-state index is 10.9. The Kier molecular flexibility index (Phi) is 3.08. The van der Waals surface area contributed by atoms with Crippen LogP contribution in [-0.2, 0) is 4.79 Å². The summed E-state index contributed by atoms with van der Waals surface area (Å²) < 4.78 is 11.0. The molecule has 0 bridgehead atoms. The Labute approximate surface area is 105 Å². The topological polar surface area (TPSA) is 85.7 Å². The highest BCUT2D eigenvalue weighted by Crippen LogP contribution is 2.37. The molecule has 1 aromatic carbocycles. The van der Waals surface area contributed by atoms with Crippen LogP contribution in [0.3, 0.4) is 0 Å². The van der Waals surface area contributed by atoms with Crippen molar-refractivity contribution in [2.24, 2.45) is 5.73 Å². The summed E-state index contributed by atoms with van der Waals surface area (Å²) in [6.45, 7) is 0. The van der Waals surface area contributed by atoms with Crippen LogP contribution in [0, 0.1) is 0 Å². The lowest BCUT2D eigenvalue weighted by Crippen LogP contribution is -2.21. The van der Waals surface area contributed by atoms with Gasteiger partial charge < -0.3 is 20.0 Å². The normalized spacial score (nSPS) is 12.6. The molecule has 1 aromatic heterocycles. The molecule has 0 spiro atoms. The fourth-order valence-corrected chi connectivity index (χ4v) is 2.28. The van der Waals surface area contributed by atoms with E-state index < -0.39 is 12.0 Å². The summed E-state index contributed by atoms with van der Waals surface area (Å²) in [4.78, 5) is 10.9. The van der Waals surface area contributed by atoms with Crippen molar-refractivity contribution in [3.8, 4) is 5.75 Å². The molecule has 2 rings (SSSR count). The number of hydrogen-bond acceptors (Lipinski definition) is 4. The molecule has 0 saturated carbocycles. The Morgan fingerprint density at radius 3 is 2.94 bits per heavy atom. The Bertz CT molecular complexity index is 578. The second-order valence-electron chi connectivity index (χ2n) is 3.46. The maximum Gasteiger partial charge on any atom is 0.325 e. The first-order valence-electron chi connectivity index (χ1n) is 4.78. The number of carbonyl (C=O) groups is 1. The van der Waals surface area contributed by atoms with Gasteiger partial charge in [-0.3, -0.25) is 4.79 Å². The second-order valence-corrected chi connectivity index (χ2v) is 4.25. The van der Waals surface area contributed by atoms with Crippen molar-refractivity contribution >= 4 is 32.9 Å². The number of benzene rings is 1. The average molecular weight is 300 g/mol. The van der Waals surface area contributed by atoms with Crippen molar-refractivity contribution in [3.05, 3.63) is 28.4 Å². The zero-order valence-electron chi connectivity index (χ0n) is 8.94. The van der Waals surface area contributed by atoms with E-state index >= 15 is 0 Å². The number of ether oxygens (including phenoxy) is 1. The second kappa shape index (κ2) is 4.38. The lowest BCUT2D eigenvalue weighted by atomic mass is 10.1. The Morgan fingerprint density at radius 1 is 1.65 bits per heavy atom. The number of carboxylic acids is 1. The number of fused-ring (bicyclic) bond motifs is 1. The van der Waals surface area contributed by atoms with Crippen molar-refractivity contribution in [1.29, 1.82) is 0 Å². The minimum absolute atomic E-state index is 0.447. The van der Waals surface area contributed by atoms with E-state index in [0.29, 0.717) is 21.4 Å². The summed E-state index contributed by atoms with van der Waals surface area (Å²) in [7, 11) is 1.49. The summed E-state index contributed by atoms with van der Waals surface area (Å²) >= 11 is 3.33. The van der Waals surface area contributed by atoms with Gasteiger partial charge in [0.15, 0.2) is 11.3 Å². The lowest BCUT2D eigenvalue weighted by molar-refractivity contribution is -0.138. The van der Waals surface area contributed by atoms with Crippen LogP contribution >= 0.6 is 15.9 Å². The first-order chi connectivity index (χ1) is 8.06. The molecule has 0 radical (unpaired) electrons. The van der Waals surface area contributed by atoms with E-state index in [1.165, 1.54) is 13.4 Å². The molecule has 0 aliphatic rings. The van der Waals surface area contributed by atoms with Crippen LogP contribution in [0.2, 0.25) is 0 Å². The van der Waals surface area contributed by atoms with Gasteiger partial charge in [-0.2, -0.15) is 0 Å². The van der Waals surface area contributed by atoms with Crippen molar-refractivity contribution in [2.75, 3.05) is 7.11 Å². The van der Waals surface area contributed by atoms with Gasteiger partial charge in [0, 0.05) is 9.86 Å². The first-order valence-corrected chi connectivity index (χ1v) is 5.57. The van der Waals surface area contributed by atoms with Crippen molar-refractivity contribution in [3.63, 3.8) is 0 Å². The summed E-state index contributed by atoms with van der Waals surface area (Å²) in [5, 5.41) is 9.67. The van der Waals surface area contributed by atoms with E-state index in [0.717, 1.165) is 5.39 Å². The summed E-state index contributed by atoms with van der Waals surface area (Å²) in [5.41, 5.74) is 6.61. The standard InChI is InChI=1S/C11H10BrNO4/c1-16-7-4-6(9(13)11(14)15)8(12)5-2-3-17-10(5)7/h2-4,9H,13H2,1H3,(H,14,15). The van der Waals surface area contributed by atoms with Crippen molar-refractivity contribution < 1.29 is 19.1 Å². The predicted octanol–water partition coefficient (Wildman–Crippen LogP) is 2.29. The smallest absolute Gasteiger partial charge is 0.325 e. The van der Waals surface area contributed by atoms with E-state index in [4.69, 9.17) is 20.0 Å². The molecule has 2 aromatic rings. The highest BCUT2D eigenvalue weighted by atomic mass is 79.9. The number of furan rings is 1. The Hall–Kier alpha value is -1.53. The maximum atomic E-state index is 10.9. The Morgan fingerprint density at radius 2 is 2.35 bits per heavy atom. The molecule has 0 aliphatic carbocycles. The first kappa shape index (κ1) is 11.9. The molecule has 1 atom stereocenters. The molecule has 1 unspecified atom stereocenters. The molecular formula is C11H10BrNO4. The van der Waals surface area contributed by atoms with Crippen molar-refractivity contribution in [1.82, 2.24) is 0 Å². The van der Waals surface area contributed by atoms with Crippen LogP contribution in [0.5, 0.6) is 5.75 Å². The molecule has 6 heteroatoms. The van der Waals surface area contributed by atoms with Gasteiger partial charge in [0.1, 0.15) is 6.04 Å². The summed E-state index contributed by atoms with van der Waals surface area (Å²) in [6, 6.07) is 2.17. The number of carboxylic acid groups (broad SMARTS) is 1. The molecule has 0 amide bonds. The largest absolute Gasteiger partial charge is 0.493 e. The Balaban J connectivity index is 2.71. The average Bonchev–Trinajstić information content (AvgIpc) is 2.78.